The van der Waals surface area contributed by atoms with Gasteiger partial charge in [-0.15, -0.1) is 0 Å². The number of nitrogens with one attached hydrogen (secondary N) is 2. The third-order valence-corrected chi connectivity index (χ3v) is 2.95. The normalized spacial score (nSPS) is 11.0. The Morgan fingerprint density at radius 3 is 2.71 bits per heavy atom. The van der Waals surface area contributed by atoms with Gasteiger partial charge in [0.15, 0.2) is 0 Å². The average molecular weight is 329 g/mol. The van der Waals surface area contributed by atoms with Gasteiger partial charge in [-0.05, 0) is 23.8 Å². The summed E-state index contributed by atoms with van der Waals surface area (Å²) in [5, 5.41) is 15.8. The van der Waals surface area contributed by atoms with E-state index in [0.717, 1.165) is 0 Å². The molecule has 0 fully saturated rings. The van der Waals surface area contributed by atoms with Gasteiger partial charge in [0.25, 0.3) is 11.6 Å². The molecule has 2 rings (SSSR count). The molecular formula is C16H15N3O5. The Morgan fingerprint density at radius 2 is 2.08 bits per heavy atom. The van der Waals surface area contributed by atoms with Gasteiger partial charge in [-0.3, -0.25) is 19.7 Å². The van der Waals surface area contributed by atoms with Gasteiger partial charge in [0.2, 0.25) is 5.91 Å². The predicted molar refractivity (Wildman–Crippen MR) is 85.4 cm³/mol. The van der Waals surface area contributed by atoms with Gasteiger partial charge in [-0.1, -0.05) is 12.1 Å². The largest absolute Gasteiger partial charge is 0.467 e. The molecule has 0 unspecified atom stereocenters. The van der Waals surface area contributed by atoms with Crippen LogP contribution in [0.15, 0.2) is 52.8 Å². The minimum atomic E-state index is -0.535. The zero-order valence-electron chi connectivity index (χ0n) is 12.8. The van der Waals surface area contributed by atoms with Gasteiger partial charge in [0.1, 0.15) is 11.5 Å². The predicted octanol–water partition coefficient (Wildman–Crippen LogP) is 1.98. The van der Waals surface area contributed by atoms with Crippen molar-refractivity contribution in [1.29, 1.82) is 0 Å². The van der Waals surface area contributed by atoms with Crippen LogP contribution < -0.4 is 10.6 Å². The standard InChI is InChI=1S/C16H15N3O5/c1-11(20)18-15(16(21)17-10-14-6-3-7-24-14)9-12-4-2-5-13(8-12)19(22)23/h2-9H,10H2,1H3,(H,17,21)(H,18,20). The molecule has 124 valence electrons. The maximum Gasteiger partial charge on any atom is 0.270 e. The Bertz CT molecular complexity index is 781. The van der Waals surface area contributed by atoms with Crippen molar-refractivity contribution < 1.29 is 18.9 Å². The van der Waals surface area contributed by atoms with Crippen molar-refractivity contribution in [2.45, 2.75) is 13.5 Å². The number of nitro groups is 1. The first-order valence-electron chi connectivity index (χ1n) is 7.00. The summed E-state index contributed by atoms with van der Waals surface area (Å²) in [4.78, 5) is 33.8. The summed E-state index contributed by atoms with van der Waals surface area (Å²) in [6, 6.07) is 9.12. The topological polar surface area (TPSA) is 114 Å². The smallest absolute Gasteiger partial charge is 0.270 e. The molecule has 0 bridgehead atoms. The zero-order chi connectivity index (χ0) is 17.5. The molecule has 2 aromatic rings. The van der Waals surface area contributed by atoms with Gasteiger partial charge < -0.3 is 15.1 Å². The number of hydrogen-bond donors (Lipinski definition) is 2. The van der Waals surface area contributed by atoms with E-state index in [0.29, 0.717) is 11.3 Å². The van der Waals surface area contributed by atoms with Crippen molar-refractivity contribution in [1.82, 2.24) is 10.6 Å². The van der Waals surface area contributed by atoms with Crippen LogP contribution in [0.25, 0.3) is 6.08 Å². The molecule has 24 heavy (non-hydrogen) atoms. The number of benzene rings is 1. The minimum Gasteiger partial charge on any atom is -0.467 e. The molecule has 0 saturated carbocycles. The Kier molecular flexibility index (Phi) is 5.45. The van der Waals surface area contributed by atoms with Crippen LogP contribution in [0, 0.1) is 10.1 Å². The average Bonchev–Trinajstić information content (AvgIpc) is 3.05. The van der Waals surface area contributed by atoms with Gasteiger partial charge in [-0.2, -0.15) is 0 Å². The van der Waals surface area contributed by atoms with Crippen molar-refractivity contribution in [2.75, 3.05) is 0 Å². The van der Waals surface area contributed by atoms with Crippen LogP contribution in [0.3, 0.4) is 0 Å². The van der Waals surface area contributed by atoms with Gasteiger partial charge in [-0.25, -0.2) is 0 Å². The highest BCUT2D eigenvalue weighted by Gasteiger charge is 2.13. The number of nitro benzene ring substituents is 1. The number of carbonyl (C=O) groups is 2. The van der Waals surface area contributed by atoms with Crippen molar-refractivity contribution >= 4 is 23.6 Å². The second kappa shape index (κ2) is 7.73. The lowest BCUT2D eigenvalue weighted by molar-refractivity contribution is -0.384. The molecule has 0 atom stereocenters. The molecule has 0 aliphatic rings. The molecule has 0 spiro atoms. The van der Waals surface area contributed by atoms with E-state index in [9.17, 15) is 19.7 Å². The Morgan fingerprint density at radius 1 is 1.29 bits per heavy atom. The van der Waals surface area contributed by atoms with E-state index in [-0.39, 0.29) is 17.9 Å². The maximum atomic E-state index is 12.2. The van der Waals surface area contributed by atoms with Crippen LogP contribution in [0.2, 0.25) is 0 Å². The first kappa shape index (κ1) is 16.9. The van der Waals surface area contributed by atoms with E-state index < -0.39 is 16.7 Å². The van der Waals surface area contributed by atoms with Gasteiger partial charge in [0.05, 0.1) is 17.7 Å². The Labute approximate surface area is 137 Å². The molecule has 1 aromatic heterocycles. The molecule has 8 heteroatoms. The fourth-order valence-electron chi connectivity index (χ4n) is 1.92. The fraction of sp³-hybridized carbons (Fsp3) is 0.125. The quantitative estimate of drug-likeness (QED) is 0.478. The van der Waals surface area contributed by atoms with E-state index in [1.807, 2.05) is 0 Å². The summed E-state index contributed by atoms with van der Waals surface area (Å²) in [6.07, 6.45) is 2.85. The summed E-state index contributed by atoms with van der Waals surface area (Å²) in [7, 11) is 0. The van der Waals surface area contributed by atoms with E-state index in [2.05, 4.69) is 10.6 Å². The first-order chi connectivity index (χ1) is 11.5. The van der Waals surface area contributed by atoms with E-state index >= 15 is 0 Å². The second-order valence-electron chi connectivity index (χ2n) is 4.85. The lowest BCUT2D eigenvalue weighted by Crippen LogP contribution is -2.33. The van der Waals surface area contributed by atoms with Crippen LogP contribution in [0.5, 0.6) is 0 Å². The molecule has 0 aliphatic heterocycles. The van der Waals surface area contributed by atoms with Crippen LogP contribution in [0.1, 0.15) is 18.2 Å². The van der Waals surface area contributed by atoms with Crippen LogP contribution in [0.4, 0.5) is 5.69 Å². The molecule has 0 aliphatic carbocycles. The number of amides is 2. The molecule has 1 aromatic carbocycles. The summed E-state index contributed by atoms with van der Waals surface area (Å²) in [6.45, 7) is 1.42. The van der Waals surface area contributed by atoms with Crippen LogP contribution in [-0.4, -0.2) is 16.7 Å². The molecular weight excluding hydrogens is 314 g/mol. The molecule has 2 N–H and O–H groups in total. The highest BCUT2D eigenvalue weighted by atomic mass is 16.6. The van der Waals surface area contributed by atoms with Crippen LogP contribution >= 0.6 is 0 Å². The van der Waals surface area contributed by atoms with Crippen molar-refractivity contribution in [2.24, 2.45) is 0 Å². The highest BCUT2D eigenvalue weighted by molar-refractivity contribution is 6.00. The third-order valence-electron chi connectivity index (χ3n) is 2.95. The minimum absolute atomic E-state index is 0.0189. The summed E-state index contributed by atoms with van der Waals surface area (Å²) < 4.78 is 5.11. The number of carbonyl (C=O) groups excluding carboxylic acids is 2. The summed E-state index contributed by atoms with van der Waals surface area (Å²) in [5.41, 5.74) is 0.289. The Hall–Kier alpha value is -3.42. The van der Waals surface area contributed by atoms with Crippen molar-refractivity contribution in [3.8, 4) is 0 Å². The monoisotopic (exact) mass is 329 g/mol. The number of nitrogens with zero attached hydrogens (tertiary/aromatic N) is 1. The van der Waals surface area contributed by atoms with E-state index in [4.69, 9.17) is 4.42 Å². The number of non-ortho nitro benzene ring substituents is 1. The van der Waals surface area contributed by atoms with Crippen molar-refractivity contribution in [3.63, 3.8) is 0 Å². The van der Waals surface area contributed by atoms with Gasteiger partial charge >= 0.3 is 0 Å². The SMILES string of the molecule is CC(=O)NC(=Cc1cccc([N+](=O)[O-])c1)C(=O)NCc1ccco1. The summed E-state index contributed by atoms with van der Waals surface area (Å²) >= 11 is 0. The molecule has 0 saturated heterocycles. The lowest BCUT2D eigenvalue weighted by atomic mass is 10.1. The number of hydrogen-bond acceptors (Lipinski definition) is 5. The molecule has 8 nitrogen and oxygen atoms in total. The molecule has 1 heterocycles. The number of furan rings is 1. The second-order valence-corrected chi connectivity index (χ2v) is 4.85. The maximum absolute atomic E-state index is 12.2. The third kappa shape index (κ3) is 4.80. The molecule has 2 amide bonds. The fourth-order valence-corrected chi connectivity index (χ4v) is 1.92. The van der Waals surface area contributed by atoms with Gasteiger partial charge in [0, 0.05) is 19.1 Å². The van der Waals surface area contributed by atoms with Crippen LogP contribution in [-0.2, 0) is 16.1 Å². The van der Waals surface area contributed by atoms with E-state index in [1.54, 1.807) is 18.2 Å². The number of rotatable bonds is 6. The first-order valence-corrected chi connectivity index (χ1v) is 7.00. The summed E-state index contributed by atoms with van der Waals surface area (Å²) in [5.74, 6) is -0.409. The Balaban J connectivity index is 2.20. The zero-order valence-corrected chi connectivity index (χ0v) is 12.8. The highest BCUT2D eigenvalue weighted by Crippen LogP contribution is 2.15. The lowest BCUT2D eigenvalue weighted by Gasteiger charge is -2.09. The van der Waals surface area contributed by atoms with Crippen molar-refractivity contribution in [3.05, 3.63) is 69.8 Å². The van der Waals surface area contributed by atoms with E-state index in [1.165, 1.54) is 37.5 Å². The molecule has 0 radical (unpaired) electrons.